The highest BCUT2D eigenvalue weighted by atomic mass is 16.2. The number of nitrogens with zero attached hydrogens (tertiary/aromatic N) is 1. The van der Waals surface area contributed by atoms with Crippen molar-refractivity contribution >= 4 is 16.8 Å². The molecule has 3 nitrogen and oxygen atoms in total. The molecule has 0 radical (unpaired) electrons. The van der Waals surface area contributed by atoms with Crippen LogP contribution < -0.4 is 0 Å². The van der Waals surface area contributed by atoms with E-state index in [4.69, 9.17) is 0 Å². The molecule has 0 fully saturated rings. The Labute approximate surface area is 171 Å². The maximum atomic E-state index is 13.4. The Balaban J connectivity index is 1.86. The van der Waals surface area contributed by atoms with Crippen LogP contribution in [0.4, 0.5) is 0 Å². The number of carbonyl (C=O) groups is 1. The second-order valence-corrected chi connectivity index (χ2v) is 8.66. The van der Waals surface area contributed by atoms with E-state index >= 15 is 0 Å². The van der Waals surface area contributed by atoms with Gasteiger partial charge in [0.1, 0.15) is 0 Å². The highest BCUT2D eigenvalue weighted by Gasteiger charge is 2.44. The Hall–Kier alpha value is -3.33. The van der Waals surface area contributed by atoms with Crippen molar-refractivity contribution in [1.82, 2.24) is 9.88 Å². The summed E-state index contributed by atoms with van der Waals surface area (Å²) in [5, 5.41) is 1.16. The van der Waals surface area contributed by atoms with Gasteiger partial charge in [0.2, 0.25) is 0 Å². The van der Waals surface area contributed by atoms with E-state index in [2.05, 4.69) is 74.3 Å². The Morgan fingerprint density at radius 3 is 2.24 bits per heavy atom. The van der Waals surface area contributed by atoms with Gasteiger partial charge in [-0.05, 0) is 44.0 Å². The van der Waals surface area contributed by atoms with Crippen molar-refractivity contribution in [3.05, 3.63) is 95.6 Å². The average molecular weight is 380 g/mol. The van der Waals surface area contributed by atoms with Crippen LogP contribution in [0, 0.1) is 0 Å². The van der Waals surface area contributed by atoms with Gasteiger partial charge in [-0.3, -0.25) is 4.79 Å². The lowest BCUT2D eigenvalue weighted by Gasteiger charge is -2.38. The number of amides is 1. The molecule has 5 rings (SSSR count). The molecule has 0 saturated heterocycles. The van der Waals surface area contributed by atoms with Gasteiger partial charge in [-0.2, -0.15) is 0 Å². The fraction of sp³-hybridized carbons (Fsp3) is 0.192. The summed E-state index contributed by atoms with van der Waals surface area (Å²) in [6, 6.07) is 26.7. The zero-order valence-electron chi connectivity index (χ0n) is 16.9. The maximum Gasteiger partial charge on any atom is 0.255 e. The third kappa shape index (κ3) is 2.69. The van der Waals surface area contributed by atoms with Crippen LogP contribution in [-0.4, -0.2) is 21.3 Å². The summed E-state index contributed by atoms with van der Waals surface area (Å²) in [4.78, 5) is 19.1. The monoisotopic (exact) mass is 380 g/mol. The van der Waals surface area contributed by atoms with Crippen molar-refractivity contribution in [2.45, 2.75) is 32.4 Å². The number of benzene rings is 3. The Kier molecular flexibility index (Phi) is 3.88. The molecule has 3 aromatic carbocycles. The summed E-state index contributed by atoms with van der Waals surface area (Å²) < 4.78 is 0. The topological polar surface area (TPSA) is 36.1 Å². The van der Waals surface area contributed by atoms with Crippen LogP contribution in [-0.2, 0) is 0 Å². The molecule has 144 valence electrons. The predicted octanol–water partition coefficient (Wildman–Crippen LogP) is 6.18. The van der Waals surface area contributed by atoms with Crippen molar-refractivity contribution in [1.29, 1.82) is 0 Å². The maximum absolute atomic E-state index is 13.4. The number of para-hydroxylation sites is 1. The number of aromatic amines is 1. The fourth-order valence-corrected chi connectivity index (χ4v) is 4.57. The molecule has 0 spiro atoms. The Bertz CT molecular complexity index is 1210. The first-order chi connectivity index (χ1) is 14.0. The van der Waals surface area contributed by atoms with Crippen LogP contribution in [0.15, 0.2) is 78.9 Å². The van der Waals surface area contributed by atoms with Gasteiger partial charge in [0.05, 0.1) is 11.7 Å². The molecule has 1 aliphatic rings. The zero-order chi connectivity index (χ0) is 20.2. The molecule has 0 aliphatic carbocycles. The Morgan fingerprint density at radius 2 is 1.48 bits per heavy atom. The molecule has 0 bridgehead atoms. The predicted molar refractivity (Wildman–Crippen MR) is 118 cm³/mol. The first kappa shape index (κ1) is 17.7. The van der Waals surface area contributed by atoms with E-state index in [0.29, 0.717) is 0 Å². The van der Waals surface area contributed by atoms with Crippen LogP contribution in [0.2, 0.25) is 0 Å². The molecule has 1 amide bonds. The van der Waals surface area contributed by atoms with Crippen LogP contribution in [0.1, 0.15) is 48.3 Å². The number of rotatable bonds is 2. The number of fused-ring (bicyclic) bond motifs is 2. The highest BCUT2D eigenvalue weighted by molar-refractivity contribution is 6.02. The SMILES string of the molecule is CC(C)(C)N1C(=O)c2ccccc2[C@H]1c1c(-c2ccccc2)[nH]c2ccccc12. The van der Waals surface area contributed by atoms with Crippen molar-refractivity contribution in [2.24, 2.45) is 0 Å². The second-order valence-electron chi connectivity index (χ2n) is 8.66. The minimum Gasteiger partial charge on any atom is -0.354 e. The molecule has 0 saturated carbocycles. The van der Waals surface area contributed by atoms with Gasteiger partial charge in [0, 0.05) is 27.6 Å². The van der Waals surface area contributed by atoms with Gasteiger partial charge in [0.25, 0.3) is 5.91 Å². The first-order valence-electron chi connectivity index (χ1n) is 10.1. The summed E-state index contributed by atoms with van der Waals surface area (Å²) in [5.74, 6) is 0.0994. The third-order valence-electron chi connectivity index (χ3n) is 5.77. The molecule has 29 heavy (non-hydrogen) atoms. The molecule has 1 N–H and O–H groups in total. The third-order valence-corrected chi connectivity index (χ3v) is 5.77. The summed E-state index contributed by atoms with van der Waals surface area (Å²) in [6.07, 6.45) is 0. The van der Waals surface area contributed by atoms with Crippen molar-refractivity contribution < 1.29 is 4.79 Å². The van der Waals surface area contributed by atoms with Gasteiger partial charge in [-0.1, -0.05) is 66.7 Å². The molecule has 2 heterocycles. The van der Waals surface area contributed by atoms with Crippen LogP contribution in [0.3, 0.4) is 0 Å². The molecular formula is C26H24N2O. The molecule has 1 aliphatic heterocycles. The number of carbonyl (C=O) groups excluding carboxylic acids is 1. The average Bonchev–Trinajstić information content (AvgIpc) is 3.24. The van der Waals surface area contributed by atoms with Crippen molar-refractivity contribution in [3.8, 4) is 11.3 Å². The largest absolute Gasteiger partial charge is 0.354 e. The molecule has 1 aromatic heterocycles. The van der Waals surface area contributed by atoms with E-state index in [-0.39, 0.29) is 17.5 Å². The van der Waals surface area contributed by atoms with Crippen molar-refractivity contribution in [2.75, 3.05) is 0 Å². The first-order valence-corrected chi connectivity index (χ1v) is 10.1. The number of H-pyrrole nitrogens is 1. The van der Waals surface area contributed by atoms with Gasteiger partial charge < -0.3 is 9.88 Å². The fourth-order valence-electron chi connectivity index (χ4n) is 4.57. The van der Waals surface area contributed by atoms with E-state index < -0.39 is 0 Å². The molecule has 4 aromatic rings. The molecular weight excluding hydrogens is 356 g/mol. The van der Waals surface area contributed by atoms with Gasteiger partial charge in [-0.25, -0.2) is 0 Å². The van der Waals surface area contributed by atoms with E-state index in [9.17, 15) is 4.79 Å². The second kappa shape index (κ2) is 6.35. The molecule has 0 unspecified atom stereocenters. The van der Waals surface area contributed by atoms with Gasteiger partial charge in [0.15, 0.2) is 0 Å². The number of hydrogen-bond donors (Lipinski definition) is 1. The van der Waals surface area contributed by atoms with E-state index in [1.165, 1.54) is 5.56 Å². The standard InChI is InChI=1S/C26H24N2O/c1-26(2,3)28-24(18-13-7-8-14-19(18)25(28)29)22-20-15-9-10-16-21(20)27-23(22)17-11-5-4-6-12-17/h4-16,24,27H,1-3H3/t24-/m0/s1. The summed E-state index contributed by atoms with van der Waals surface area (Å²) in [6.45, 7) is 6.34. The van der Waals surface area contributed by atoms with E-state index in [1.54, 1.807) is 0 Å². The summed E-state index contributed by atoms with van der Waals surface area (Å²) in [5.41, 5.74) is 6.03. The van der Waals surface area contributed by atoms with E-state index in [1.807, 2.05) is 35.2 Å². The zero-order valence-corrected chi connectivity index (χ0v) is 16.9. The Morgan fingerprint density at radius 1 is 0.828 bits per heavy atom. The molecule has 1 atom stereocenters. The lowest BCUT2D eigenvalue weighted by Crippen LogP contribution is -2.44. The van der Waals surface area contributed by atoms with Crippen LogP contribution in [0.5, 0.6) is 0 Å². The lowest BCUT2D eigenvalue weighted by molar-refractivity contribution is 0.0554. The quantitative estimate of drug-likeness (QED) is 0.443. The van der Waals surface area contributed by atoms with Crippen LogP contribution in [0.25, 0.3) is 22.2 Å². The van der Waals surface area contributed by atoms with Gasteiger partial charge >= 0.3 is 0 Å². The van der Waals surface area contributed by atoms with Gasteiger partial charge in [-0.15, -0.1) is 0 Å². The molecule has 3 heteroatoms. The van der Waals surface area contributed by atoms with Crippen molar-refractivity contribution in [3.63, 3.8) is 0 Å². The smallest absolute Gasteiger partial charge is 0.255 e. The minimum absolute atomic E-state index is 0.0994. The summed E-state index contributed by atoms with van der Waals surface area (Å²) >= 11 is 0. The number of aromatic nitrogens is 1. The van der Waals surface area contributed by atoms with Crippen LogP contribution >= 0.6 is 0 Å². The number of hydrogen-bond acceptors (Lipinski definition) is 1. The lowest BCUT2D eigenvalue weighted by atomic mass is 9.91. The summed E-state index contributed by atoms with van der Waals surface area (Å²) in [7, 11) is 0. The van der Waals surface area contributed by atoms with E-state index in [0.717, 1.165) is 33.3 Å². The minimum atomic E-state index is -0.312. The number of nitrogens with one attached hydrogen (secondary N) is 1. The highest BCUT2D eigenvalue weighted by Crippen LogP contribution is 2.47. The normalized spacial score (nSPS) is 16.4.